The Morgan fingerprint density at radius 1 is 1.03 bits per heavy atom. The molecule has 0 atom stereocenters. The number of oxazole rings is 1. The first-order valence-electron chi connectivity index (χ1n) is 11.1. The summed E-state index contributed by atoms with van der Waals surface area (Å²) < 4.78 is 11.2. The maximum absolute atomic E-state index is 12.5. The van der Waals surface area contributed by atoms with Gasteiger partial charge in [0.25, 0.3) is 6.01 Å². The molecule has 0 N–H and O–H groups in total. The second-order valence-electron chi connectivity index (χ2n) is 8.45. The lowest BCUT2D eigenvalue weighted by Gasteiger charge is -2.29. The van der Waals surface area contributed by atoms with Crippen molar-refractivity contribution in [3.05, 3.63) is 59.2 Å². The molecule has 2 aliphatic rings. The quantitative estimate of drug-likeness (QED) is 0.453. The molecule has 0 amide bonds. The predicted octanol–water partition coefficient (Wildman–Crippen LogP) is 4.35. The third kappa shape index (κ3) is 4.20. The number of carbonyl (C=O) groups is 2. The van der Waals surface area contributed by atoms with Crippen LogP contribution in [-0.4, -0.2) is 36.4 Å². The minimum absolute atomic E-state index is 0.134. The number of aryl methyl sites for hydroxylation is 2. The normalized spacial score (nSPS) is 16.8. The van der Waals surface area contributed by atoms with E-state index in [9.17, 15) is 9.59 Å². The topological polar surface area (TPSA) is 72.6 Å². The Labute approximate surface area is 181 Å². The summed E-state index contributed by atoms with van der Waals surface area (Å²) in [5, 5.41) is 0. The van der Waals surface area contributed by atoms with Crippen molar-refractivity contribution in [2.45, 2.75) is 38.5 Å². The number of rotatable bonds is 5. The Morgan fingerprint density at radius 3 is 2.61 bits per heavy atom. The average molecular weight is 418 g/mol. The molecule has 31 heavy (non-hydrogen) atoms. The number of ether oxygens (including phenoxy) is 1. The van der Waals surface area contributed by atoms with Crippen molar-refractivity contribution >= 4 is 28.9 Å². The molecule has 2 aromatic carbocycles. The molecule has 6 heteroatoms. The van der Waals surface area contributed by atoms with E-state index in [-0.39, 0.29) is 24.3 Å². The fourth-order valence-corrected chi connectivity index (χ4v) is 4.55. The number of para-hydroxylation sites is 2. The van der Waals surface area contributed by atoms with Gasteiger partial charge in [0, 0.05) is 18.7 Å². The van der Waals surface area contributed by atoms with E-state index in [1.165, 1.54) is 24.0 Å². The van der Waals surface area contributed by atoms with Gasteiger partial charge in [-0.3, -0.25) is 9.59 Å². The van der Waals surface area contributed by atoms with E-state index in [2.05, 4.69) is 9.88 Å². The summed E-state index contributed by atoms with van der Waals surface area (Å²) in [5.41, 5.74) is 4.83. The van der Waals surface area contributed by atoms with Gasteiger partial charge in [0.1, 0.15) is 5.52 Å². The van der Waals surface area contributed by atoms with Crippen LogP contribution in [0.4, 0.5) is 6.01 Å². The number of fused-ring (bicyclic) bond motifs is 2. The van der Waals surface area contributed by atoms with E-state index in [1.54, 1.807) is 0 Å². The van der Waals surface area contributed by atoms with E-state index in [1.807, 2.05) is 42.5 Å². The van der Waals surface area contributed by atoms with Crippen molar-refractivity contribution in [3.8, 4) is 0 Å². The highest BCUT2D eigenvalue weighted by atomic mass is 16.5. The van der Waals surface area contributed by atoms with Crippen molar-refractivity contribution in [1.29, 1.82) is 0 Å². The number of piperidine rings is 1. The number of nitrogens with zero attached hydrogens (tertiary/aromatic N) is 2. The Balaban J connectivity index is 1.13. The molecule has 0 radical (unpaired) electrons. The SMILES string of the molecule is O=C(COC(=O)C1CCN(c2nc3ccccc3o2)CC1)c1ccc2c(c1)CCCC2. The summed E-state index contributed by atoms with van der Waals surface area (Å²) in [7, 11) is 0. The third-order valence-corrected chi connectivity index (χ3v) is 6.40. The molecule has 1 aliphatic carbocycles. The number of carbonyl (C=O) groups excluding carboxylic acids is 2. The fourth-order valence-electron chi connectivity index (χ4n) is 4.55. The van der Waals surface area contributed by atoms with Crippen molar-refractivity contribution in [1.82, 2.24) is 4.98 Å². The average Bonchev–Trinajstić information content (AvgIpc) is 3.26. The van der Waals surface area contributed by atoms with Crippen LogP contribution in [0.5, 0.6) is 0 Å². The first-order chi connectivity index (χ1) is 15.2. The molecule has 1 fully saturated rings. The summed E-state index contributed by atoms with van der Waals surface area (Å²) in [6.07, 6.45) is 5.80. The van der Waals surface area contributed by atoms with Gasteiger partial charge >= 0.3 is 5.97 Å². The first kappa shape index (κ1) is 19.8. The molecule has 2 heterocycles. The Bertz CT molecular complexity index is 1080. The van der Waals surface area contributed by atoms with E-state index < -0.39 is 0 Å². The molecule has 0 saturated carbocycles. The zero-order valence-electron chi connectivity index (χ0n) is 17.5. The lowest BCUT2D eigenvalue weighted by Crippen LogP contribution is -2.37. The van der Waals surface area contributed by atoms with Gasteiger partial charge < -0.3 is 14.1 Å². The van der Waals surface area contributed by atoms with Gasteiger partial charge in [-0.2, -0.15) is 4.98 Å². The van der Waals surface area contributed by atoms with Crippen LogP contribution in [0.15, 0.2) is 46.9 Å². The Morgan fingerprint density at radius 2 is 1.81 bits per heavy atom. The molecule has 1 saturated heterocycles. The Hall–Kier alpha value is -3.15. The van der Waals surface area contributed by atoms with Crippen LogP contribution in [0, 0.1) is 5.92 Å². The zero-order chi connectivity index (χ0) is 21.2. The van der Waals surface area contributed by atoms with Crippen molar-refractivity contribution in [2.24, 2.45) is 5.92 Å². The standard InChI is InChI=1S/C25H26N2O4/c28-22(20-10-9-17-5-1-2-6-19(17)15-20)16-30-24(29)18-11-13-27(14-12-18)25-26-21-7-3-4-8-23(21)31-25/h3-4,7-10,15,18H,1-2,5-6,11-14,16H2. The van der Waals surface area contributed by atoms with E-state index in [0.717, 1.165) is 23.9 Å². The molecule has 1 aromatic heterocycles. The minimum Gasteiger partial charge on any atom is -0.457 e. The molecule has 0 spiro atoms. The van der Waals surface area contributed by atoms with E-state index in [0.29, 0.717) is 37.5 Å². The van der Waals surface area contributed by atoms with Gasteiger partial charge in [-0.05, 0) is 67.9 Å². The summed E-state index contributed by atoms with van der Waals surface area (Å²) in [4.78, 5) is 31.6. The van der Waals surface area contributed by atoms with Crippen LogP contribution in [0.2, 0.25) is 0 Å². The second kappa shape index (κ2) is 8.53. The van der Waals surface area contributed by atoms with Crippen molar-refractivity contribution in [2.75, 3.05) is 24.6 Å². The second-order valence-corrected chi connectivity index (χ2v) is 8.45. The maximum Gasteiger partial charge on any atom is 0.309 e. The van der Waals surface area contributed by atoms with Crippen molar-refractivity contribution < 1.29 is 18.7 Å². The number of aromatic nitrogens is 1. The molecule has 5 rings (SSSR count). The predicted molar refractivity (Wildman–Crippen MR) is 117 cm³/mol. The zero-order valence-corrected chi connectivity index (χ0v) is 17.5. The van der Waals surface area contributed by atoms with Crippen molar-refractivity contribution in [3.63, 3.8) is 0 Å². The van der Waals surface area contributed by atoms with Crippen LogP contribution in [0.3, 0.4) is 0 Å². The number of hydrogen-bond acceptors (Lipinski definition) is 6. The lowest BCUT2D eigenvalue weighted by molar-refractivity contribution is -0.148. The monoisotopic (exact) mass is 418 g/mol. The lowest BCUT2D eigenvalue weighted by atomic mass is 9.90. The number of esters is 1. The molecule has 1 aliphatic heterocycles. The summed E-state index contributed by atoms with van der Waals surface area (Å²) in [5.74, 6) is -0.619. The van der Waals surface area contributed by atoms with Crippen LogP contribution in [0.1, 0.15) is 47.2 Å². The Kier molecular flexibility index (Phi) is 5.45. The highest BCUT2D eigenvalue weighted by Crippen LogP contribution is 2.27. The molecule has 160 valence electrons. The van der Waals surface area contributed by atoms with Gasteiger partial charge in [-0.1, -0.05) is 24.3 Å². The molecular formula is C25H26N2O4. The third-order valence-electron chi connectivity index (χ3n) is 6.40. The number of hydrogen-bond donors (Lipinski definition) is 0. The van der Waals surface area contributed by atoms with Crippen LogP contribution < -0.4 is 4.90 Å². The van der Waals surface area contributed by atoms with Crippen LogP contribution in [-0.2, 0) is 22.4 Å². The first-order valence-corrected chi connectivity index (χ1v) is 11.1. The summed E-state index contributed by atoms with van der Waals surface area (Å²) in [6, 6.07) is 14.2. The fraction of sp³-hybridized carbons (Fsp3) is 0.400. The minimum atomic E-state index is -0.288. The smallest absolute Gasteiger partial charge is 0.309 e. The molecule has 0 bridgehead atoms. The highest BCUT2D eigenvalue weighted by molar-refractivity contribution is 5.98. The van der Waals surface area contributed by atoms with Gasteiger partial charge in [-0.25, -0.2) is 0 Å². The maximum atomic E-state index is 12.5. The number of Topliss-reactive ketones (excluding diaryl/α,β-unsaturated/α-hetero) is 1. The van der Waals surface area contributed by atoms with Crippen LogP contribution in [0.25, 0.3) is 11.1 Å². The molecular weight excluding hydrogens is 392 g/mol. The highest BCUT2D eigenvalue weighted by Gasteiger charge is 2.28. The summed E-state index contributed by atoms with van der Waals surface area (Å²) >= 11 is 0. The van der Waals surface area contributed by atoms with E-state index >= 15 is 0 Å². The van der Waals surface area contributed by atoms with Crippen LogP contribution >= 0.6 is 0 Å². The van der Waals surface area contributed by atoms with E-state index in [4.69, 9.17) is 9.15 Å². The number of benzene rings is 2. The number of ketones is 1. The molecule has 3 aromatic rings. The van der Waals surface area contributed by atoms with Gasteiger partial charge in [-0.15, -0.1) is 0 Å². The largest absolute Gasteiger partial charge is 0.457 e. The van der Waals surface area contributed by atoms with Gasteiger partial charge in [0.05, 0.1) is 5.92 Å². The van der Waals surface area contributed by atoms with Gasteiger partial charge in [0.15, 0.2) is 18.0 Å². The number of anilines is 1. The van der Waals surface area contributed by atoms with Gasteiger partial charge in [0.2, 0.25) is 0 Å². The summed E-state index contributed by atoms with van der Waals surface area (Å²) in [6.45, 7) is 1.15. The molecule has 6 nitrogen and oxygen atoms in total. The molecule has 0 unspecified atom stereocenters.